The van der Waals surface area contributed by atoms with Crippen molar-refractivity contribution < 1.29 is 14.4 Å². The molecule has 0 saturated heterocycles. The number of ketones is 1. The average Bonchev–Trinajstić information content (AvgIpc) is 3.02. The number of fused-ring (bicyclic) bond motifs is 7. The van der Waals surface area contributed by atoms with Gasteiger partial charge in [-0.15, -0.1) is 0 Å². The summed E-state index contributed by atoms with van der Waals surface area (Å²) in [4.78, 5) is 29.3. The van der Waals surface area contributed by atoms with Crippen LogP contribution in [0.1, 0.15) is 98.3 Å². The van der Waals surface area contributed by atoms with Crippen LogP contribution >= 0.6 is 0 Å². The molecule has 0 N–H and O–H groups in total. The first-order valence-corrected chi connectivity index (χ1v) is 12.7. The Hall–Kier alpha value is -1.45. The number of nitrogens with zero attached hydrogens (tertiary/aromatic N) is 1. The van der Waals surface area contributed by atoms with Crippen molar-refractivity contribution >= 4 is 17.5 Å². The van der Waals surface area contributed by atoms with Gasteiger partial charge >= 0.3 is 5.97 Å². The Morgan fingerprint density at radius 3 is 2.55 bits per heavy atom. The zero-order chi connectivity index (χ0) is 22.0. The highest BCUT2D eigenvalue weighted by Gasteiger charge is 2.69. The molecule has 0 bridgehead atoms. The van der Waals surface area contributed by atoms with Crippen LogP contribution in [0.3, 0.4) is 0 Å². The third kappa shape index (κ3) is 2.88. The first-order valence-electron chi connectivity index (χ1n) is 12.7. The maximum absolute atomic E-state index is 13.2. The quantitative estimate of drug-likeness (QED) is 0.388. The molecule has 0 radical (unpaired) electrons. The summed E-state index contributed by atoms with van der Waals surface area (Å²) in [6, 6.07) is 0. The van der Waals surface area contributed by atoms with Gasteiger partial charge in [-0.3, -0.25) is 4.79 Å². The first-order chi connectivity index (χ1) is 14.7. The number of hydrogen-bond donors (Lipinski definition) is 0. The molecule has 0 spiro atoms. The lowest BCUT2D eigenvalue weighted by atomic mass is 9.44. The van der Waals surface area contributed by atoms with E-state index in [0.717, 1.165) is 37.3 Å². The maximum atomic E-state index is 13.2. The Morgan fingerprint density at radius 1 is 1.00 bits per heavy atom. The maximum Gasteiger partial charge on any atom is 0.331 e. The monoisotopic (exact) mass is 425 g/mol. The topological polar surface area (TPSA) is 55.7 Å². The normalized spacial score (nSPS) is 47.5. The standard InChI is InChI=1S/C27H39NO3/c1-17(29)27-12-6-5-7-20(27)16-24-22-9-8-19-15-21(28-31-18(2)30)10-13-25(19,3)23(22)11-14-26(24,27)4/h15,20,22-24H,5-14,16H2,1-4H3/t20-,22?,23?,24?,25+,26+,27+/m1/s1. The number of oxime groups is 1. The number of carbonyl (C=O) groups excluding carboxylic acids is 2. The summed E-state index contributed by atoms with van der Waals surface area (Å²) in [5, 5.41) is 4.10. The van der Waals surface area contributed by atoms with Crippen molar-refractivity contribution in [2.24, 2.45) is 45.1 Å². The molecule has 0 aromatic carbocycles. The molecule has 4 heteroatoms. The second-order valence-electron chi connectivity index (χ2n) is 11.8. The number of rotatable bonds is 2. The predicted octanol–water partition coefficient (Wildman–Crippen LogP) is 6.24. The zero-order valence-electron chi connectivity index (χ0n) is 19.8. The molecule has 0 aliphatic heterocycles. The summed E-state index contributed by atoms with van der Waals surface area (Å²) in [6.45, 7) is 8.32. The number of hydrogen-bond acceptors (Lipinski definition) is 4. The highest BCUT2D eigenvalue weighted by atomic mass is 16.7. The van der Waals surface area contributed by atoms with E-state index in [4.69, 9.17) is 4.84 Å². The lowest BCUT2D eigenvalue weighted by Crippen LogP contribution is -2.55. The number of carbonyl (C=O) groups is 2. The van der Waals surface area contributed by atoms with Crippen LogP contribution in [-0.2, 0) is 14.4 Å². The molecular weight excluding hydrogens is 386 g/mol. The molecular formula is C27H39NO3. The van der Waals surface area contributed by atoms with Gasteiger partial charge in [-0.2, -0.15) is 0 Å². The summed E-state index contributed by atoms with van der Waals surface area (Å²) in [7, 11) is 0. The van der Waals surface area contributed by atoms with Crippen molar-refractivity contribution in [2.45, 2.75) is 98.3 Å². The molecule has 0 heterocycles. The smallest absolute Gasteiger partial charge is 0.318 e. The summed E-state index contributed by atoms with van der Waals surface area (Å²) in [6.07, 6.45) is 15.3. The van der Waals surface area contributed by atoms with E-state index in [2.05, 4.69) is 25.1 Å². The molecule has 7 atom stereocenters. The van der Waals surface area contributed by atoms with Gasteiger partial charge in [-0.1, -0.05) is 37.4 Å². The van der Waals surface area contributed by atoms with E-state index in [-0.39, 0.29) is 22.2 Å². The molecule has 4 fully saturated rings. The Kier molecular flexibility index (Phi) is 5.03. The fourth-order valence-corrected chi connectivity index (χ4v) is 9.56. The molecule has 4 saturated carbocycles. The Balaban J connectivity index is 1.46. The van der Waals surface area contributed by atoms with Gasteiger partial charge in [0, 0.05) is 12.3 Å². The second kappa shape index (κ2) is 7.28. The third-order valence-electron chi connectivity index (χ3n) is 10.9. The van der Waals surface area contributed by atoms with E-state index in [0.29, 0.717) is 23.5 Å². The molecule has 0 aromatic heterocycles. The van der Waals surface area contributed by atoms with Gasteiger partial charge in [-0.05, 0) is 105 Å². The van der Waals surface area contributed by atoms with Gasteiger partial charge in [0.15, 0.2) is 0 Å². The van der Waals surface area contributed by atoms with E-state index in [1.54, 1.807) is 0 Å². The van der Waals surface area contributed by atoms with Crippen LogP contribution in [0.4, 0.5) is 0 Å². The third-order valence-corrected chi connectivity index (χ3v) is 10.9. The van der Waals surface area contributed by atoms with Crippen LogP contribution in [-0.4, -0.2) is 17.5 Å². The van der Waals surface area contributed by atoms with Crippen LogP contribution in [0.2, 0.25) is 0 Å². The minimum atomic E-state index is -0.350. The Morgan fingerprint density at radius 2 is 1.81 bits per heavy atom. The fraction of sp³-hybridized carbons (Fsp3) is 0.815. The second-order valence-corrected chi connectivity index (χ2v) is 11.8. The minimum Gasteiger partial charge on any atom is -0.318 e. The van der Waals surface area contributed by atoms with Gasteiger partial charge in [0.25, 0.3) is 0 Å². The van der Waals surface area contributed by atoms with Gasteiger partial charge in [0.2, 0.25) is 0 Å². The van der Waals surface area contributed by atoms with Crippen molar-refractivity contribution in [3.05, 3.63) is 11.6 Å². The highest BCUT2D eigenvalue weighted by molar-refractivity contribution is 5.96. The zero-order valence-corrected chi connectivity index (χ0v) is 19.8. The van der Waals surface area contributed by atoms with Gasteiger partial charge in [0.05, 0.1) is 5.71 Å². The van der Waals surface area contributed by atoms with Gasteiger partial charge in [0.1, 0.15) is 5.78 Å². The van der Waals surface area contributed by atoms with Gasteiger partial charge in [-0.25, -0.2) is 4.79 Å². The molecule has 3 unspecified atom stereocenters. The molecule has 4 nitrogen and oxygen atoms in total. The van der Waals surface area contributed by atoms with Crippen molar-refractivity contribution in [2.75, 3.05) is 0 Å². The van der Waals surface area contributed by atoms with E-state index >= 15 is 0 Å². The fourth-order valence-electron chi connectivity index (χ4n) is 9.56. The van der Waals surface area contributed by atoms with Crippen LogP contribution in [0.15, 0.2) is 16.8 Å². The summed E-state index contributed by atoms with van der Waals surface area (Å²) >= 11 is 0. The summed E-state index contributed by atoms with van der Waals surface area (Å²) in [5.41, 5.74) is 2.82. The lowest BCUT2D eigenvalue weighted by molar-refractivity contribution is -0.147. The van der Waals surface area contributed by atoms with Crippen molar-refractivity contribution in [1.82, 2.24) is 0 Å². The molecule has 5 aliphatic rings. The van der Waals surface area contributed by atoms with E-state index in [1.165, 1.54) is 57.4 Å². The lowest BCUT2D eigenvalue weighted by Gasteiger charge is -2.60. The molecule has 5 rings (SSSR count). The molecule has 31 heavy (non-hydrogen) atoms. The molecule has 0 amide bonds. The van der Waals surface area contributed by atoms with Crippen LogP contribution < -0.4 is 0 Å². The average molecular weight is 426 g/mol. The van der Waals surface area contributed by atoms with Crippen molar-refractivity contribution in [1.29, 1.82) is 0 Å². The largest absolute Gasteiger partial charge is 0.331 e. The van der Waals surface area contributed by atoms with Crippen molar-refractivity contribution in [3.63, 3.8) is 0 Å². The Bertz CT molecular complexity index is 859. The summed E-state index contributed by atoms with van der Waals surface area (Å²) < 4.78 is 0. The molecule has 170 valence electrons. The van der Waals surface area contributed by atoms with Crippen LogP contribution in [0.5, 0.6) is 0 Å². The minimum absolute atomic E-state index is 0.0473. The van der Waals surface area contributed by atoms with Gasteiger partial charge < -0.3 is 4.84 Å². The van der Waals surface area contributed by atoms with E-state index in [1.807, 2.05) is 6.92 Å². The van der Waals surface area contributed by atoms with E-state index in [9.17, 15) is 9.59 Å². The molecule has 5 aliphatic carbocycles. The first kappa shape index (κ1) is 21.4. The van der Waals surface area contributed by atoms with Crippen LogP contribution in [0.25, 0.3) is 0 Å². The predicted molar refractivity (Wildman–Crippen MR) is 121 cm³/mol. The van der Waals surface area contributed by atoms with E-state index < -0.39 is 0 Å². The number of Topliss-reactive ketones (excluding diaryl/α,β-unsaturated/α-hetero) is 1. The van der Waals surface area contributed by atoms with Crippen LogP contribution in [0, 0.1) is 39.9 Å². The Labute approximate surface area is 187 Å². The van der Waals surface area contributed by atoms with Crippen molar-refractivity contribution in [3.8, 4) is 0 Å². The molecule has 0 aromatic rings. The SMILES string of the molecule is CC(=O)ON=C1C=C2CCC3C(CC[C@@]4(C)C3C[C@H]3CCCC[C@]34C(C)=O)[C@@]2(C)CC1. The highest BCUT2D eigenvalue weighted by Crippen LogP contribution is 2.74. The summed E-state index contributed by atoms with van der Waals surface area (Å²) in [5.74, 6) is 2.92. The number of allylic oxidation sites excluding steroid dienone is 2.